The summed E-state index contributed by atoms with van der Waals surface area (Å²) in [5.74, 6) is -0.184. The summed E-state index contributed by atoms with van der Waals surface area (Å²) in [5.41, 5.74) is -0.744. The van der Waals surface area contributed by atoms with Crippen molar-refractivity contribution in [3.63, 3.8) is 0 Å². The number of hydrogen-bond donors (Lipinski definition) is 2. The summed E-state index contributed by atoms with van der Waals surface area (Å²) in [6.45, 7) is 2.77. The van der Waals surface area contributed by atoms with E-state index in [4.69, 9.17) is 0 Å². The number of carbonyl (C=O) groups excluding carboxylic acids is 2. The predicted octanol–water partition coefficient (Wildman–Crippen LogP) is 3.86. The van der Waals surface area contributed by atoms with Crippen molar-refractivity contribution in [3.8, 4) is 0 Å². The van der Waals surface area contributed by atoms with Gasteiger partial charge in [0.25, 0.3) is 5.91 Å². The smallest absolute Gasteiger partial charge is 0.263 e. The van der Waals surface area contributed by atoms with Gasteiger partial charge in [-0.05, 0) is 46.6 Å². The van der Waals surface area contributed by atoms with Gasteiger partial charge in [0.15, 0.2) is 0 Å². The lowest BCUT2D eigenvalue weighted by Crippen LogP contribution is -2.59. The minimum absolute atomic E-state index is 0.0262. The van der Waals surface area contributed by atoms with Gasteiger partial charge in [0.05, 0.1) is 0 Å². The van der Waals surface area contributed by atoms with Crippen molar-refractivity contribution in [3.05, 3.63) is 20.8 Å². The average Bonchev–Trinajstić information content (AvgIpc) is 2.94. The zero-order valence-corrected chi connectivity index (χ0v) is 15.3. The van der Waals surface area contributed by atoms with Crippen molar-refractivity contribution in [1.82, 2.24) is 10.6 Å². The van der Waals surface area contributed by atoms with E-state index in [1.807, 2.05) is 11.4 Å². The molecule has 0 aromatic carbocycles. The molecule has 1 heterocycles. The minimum atomic E-state index is -0.744. The molecule has 4 nitrogen and oxygen atoms in total. The Morgan fingerprint density at radius 1 is 1.32 bits per heavy atom. The van der Waals surface area contributed by atoms with Crippen LogP contribution in [-0.2, 0) is 4.79 Å². The Hall–Kier alpha value is -0.880. The van der Waals surface area contributed by atoms with Crippen LogP contribution in [0.4, 0.5) is 0 Å². The van der Waals surface area contributed by atoms with E-state index < -0.39 is 5.54 Å². The number of carbonyl (C=O) groups is 2. The lowest BCUT2D eigenvalue weighted by Gasteiger charge is -2.36. The normalized spacial score (nSPS) is 17.0. The standard InChI is InChI=1S/C16H23BrN2O2S/c1-2-3-10-18-15(21)16(8-5-4-6-9-16)19-14(20)13-12(17)7-11-22-13/h7,11H,2-6,8-10H2,1H3,(H,18,21)(H,19,20). The van der Waals surface area contributed by atoms with E-state index >= 15 is 0 Å². The van der Waals surface area contributed by atoms with Crippen LogP contribution in [0.3, 0.4) is 0 Å². The summed E-state index contributed by atoms with van der Waals surface area (Å²) in [6, 6.07) is 1.86. The second-order valence-electron chi connectivity index (χ2n) is 5.80. The molecule has 1 aliphatic carbocycles. The van der Waals surface area contributed by atoms with Crippen LogP contribution < -0.4 is 10.6 Å². The summed E-state index contributed by atoms with van der Waals surface area (Å²) in [7, 11) is 0. The van der Waals surface area contributed by atoms with Crippen LogP contribution in [-0.4, -0.2) is 23.9 Å². The first-order chi connectivity index (χ1) is 10.6. The van der Waals surface area contributed by atoms with Crippen molar-refractivity contribution in [1.29, 1.82) is 0 Å². The molecule has 1 fully saturated rings. The topological polar surface area (TPSA) is 58.2 Å². The van der Waals surface area contributed by atoms with Crippen molar-refractivity contribution >= 4 is 39.1 Å². The van der Waals surface area contributed by atoms with E-state index in [-0.39, 0.29) is 11.8 Å². The van der Waals surface area contributed by atoms with Gasteiger partial charge >= 0.3 is 0 Å². The Labute approximate surface area is 144 Å². The van der Waals surface area contributed by atoms with Crippen molar-refractivity contribution in [2.24, 2.45) is 0 Å². The molecule has 0 radical (unpaired) electrons. The number of amides is 2. The average molecular weight is 387 g/mol. The second-order valence-corrected chi connectivity index (χ2v) is 7.57. The molecule has 0 aliphatic heterocycles. The van der Waals surface area contributed by atoms with Gasteiger partial charge in [-0.2, -0.15) is 0 Å². The first-order valence-corrected chi connectivity index (χ1v) is 9.60. The molecule has 6 heteroatoms. The van der Waals surface area contributed by atoms with Crippen LogP contribution in [0.1, 0.15) is 61.5 Å². The van der Waals surface area contributed by atoms with E-state index in [9.17, 15) is 9.59 Å². The number of rotatable bonds is 6. The molecule has 1 saturated carbocycles. The fourth-order valence-corrected chi connectivity index (χ4v) is 4.29. The van der Waals surface area contributed by atoms with Gasteiger partial charge in [0.1, 0.15) is 10.4 Å². The largest absolute Gasteiger partial charge is 0.354 e. The fraction of sp³-hybridized carbons (Fsp3) is 0.625. The summed E-state index contributed by atoms with van der Waals surface area (Å²) >= 11 is 4.77. The molecule has 0 spiro atoms. The van der Waals surface area contributed by atoms with E-state index in [1.54, 1.807) is 0 Å². The highest BCUT2D eigenvalue weighted by molar-refractivity contribution is 9.10. The molecular formula is C16H23BrN2O2S. The fourth-order valence-electron chi connectivity index (χ4n) is 2.84. The monoisotopic (exact) mass is 386 g/mol. The summed E-state index contributed by atoms with van der Waals surface area (Å²) in [6.07, 6.45) is 6.54. The highest BCUT2D eigenvalue weighted by Gasteiger charge is 2.41. The predicted molar refractivity (Wildman–Crippen MR) is 93.2 cm³/mol. The van der Waals surface area contributed by atoms with Crippen LogP contribution in [0.2, 0.25) is 0 Å². The van der Waals surface area contributed by atoms with Crippen molar-refractivity contribution in [2.45, 2.75) is 57.4 Å². The van der Waals surface area contributed by atoms with Gasteiger partial charge in [-0.15, -0.1) is 11.3 Å². The molecule has 1 aromatic rings. The Kier molecular flexibility index (Phi) is 6.44. The maximum Gasteiger partial charge on any atom is 0.263 e. The zero-order chi connectivity index (χ0) is 16.0. The number of halogens is 1. The first-order valence-electron chi connectivity index (χ1n) is 7.93. The molecule has 122 valence electrons. The molecule has 1 aliphatic rings. The molecule has 2 N–H and O–H groups in total. The van der Waals surface area contributed by atoms with Crippen molar-refractivity contribution < 1.29 is 9.59 Å². The molecular weight excluding hydrogens is 364 g/mol. The molecule has 2 rings (SSSR count). The van der Waals surface area contributed by atoms with E-state index in [2.05, 4.69) is 33.5 Å². The van der Waals surface area contributed by atoms with Gasteiger partial charge in [0, 0.05) is 11.0 Å². The Morgan fingerprint density at radius 3 is 2.64 bits per heavy atom. The quantitative estimate of drug-likeness (QED) is 0.729. The molecule has 0 atom stereocenters. The lowest BCUT2D eigenvalue weighted by molar-refractivity contribution is -0.128. The summed E-state index contributed by atoms with van der Waals surface area (Å²) in [5, 5.41) is 7.90. The summed E-state index contributed by atoms with van der Waals surface area (Å²) in [4.78, 5) is 25.8. The Morgan fingerprint density at radius 2 is 2.05 bits per heavy atom. The van der Waals surface area contributed by atoms with Gasteiger partial charge in [-0.25, -0.2) is 0 Å². The van der Waals surface area contributed by atoms with Crippen LogP contribution in [0.5, 0.6) is 0 Å². The molecule has 0 saturated heterocycles. The third kappa shape index (κ3) is 4.10. The third-order valence-corrected chi connectivity index (χ3v) is 5.97. The van der Waals surface area contributed by atoms with Gasteiger partial charge in [-0.1, -0.05) is 32.6 Å². The molecule has 0 unspecified atom stereocenters. The maximum atomic E-state index is 12.7. The molecule has 22 heavy (non-hydrogen) atoms. The Bertz CT molecular complexity index is 524. The maximum absolute atomic E-state index is 12.7. The minimum Gasteiger partial charge on any atom is -0.354 e. The molecule has 1 aromatic heterocycles. The van der Waals surface area contributed by atoms with E-state index in [0.717, 1.165) is 49.4 Å². The third-order valence-electron chi connectivity index (χ3n) is 4.13. The highest BCUT2D eigenvalue weighted by Crippen LogP contribution is 2.30. The number of nitrogens with one attached hydrogen (secondary N) is 2. The van der Waals surface area contributed by atoms with Crippen LogP contribution >= 0.6 is 27.3 Å². The zero-order valence-electron chi connectivity index (χ0n) is 12.9. The second kappa shape index (κ2) is 8.11. The van der Waals surface area contributed by atoms with Crippen molar-refractivity contribution in [2.75, 3.05) is 6.54 Å². The van der Waals surface area contributed by atoms with Crippen LogP contribution in [0, 0.1) is 0 Å². The number of hydrogen-bond acceptors (Lipinski definition) is 3. The lowest BCUT2D eigenvalue weighted by atomic mass is 9.80. The van der Waals surface area contributed by atoms with E-state index in [1.165, 1.54) is 11.3 Å². The first kappa shape index (κ1) is 17.5. The summed E-state index contributed by atoms with van der Waals surface area (Å²) < 4.78 is 0.785. The van der Waals surface area contributed by atoms with Crippen LogP contribution in [0.25, 0.3) is 0 Å². The number of thiophene rings is 1. The number of unbranched alkanes of at least 4 members (excludes halogenated alkanes) is 1. The van der Waals surface area contributed by atoms with Gasteiger partial charge < -0.3 is 10.6 Å². The Balaban J connectivity index is 2.10. The van der Waals surface area contributed by atoms with Gasteiger partial charge in [-0.3, -0.25) is 9.59 Å². The highest BCUT2D eigenvalue weighted by atomic mass is 79.9. The van der Waals surface area contributed by atoms with E-state index in [0.29, 0.717) is 11.4 Å². The van der Waals surface area contributed by atoms with Gasteiger partial charge in [0.2, 0.25) is 5.91 Å². The van der Waals surface area contributed by atoms with Crippen LogP contribution in [0.15, 0.2) is 15.9 Å². The molecule has 2 amide bonds. The SMILES string of the molecule is CCCCNC(=O)C1(NC(=O)c2sccc2Br)CCCCC1. The molecule has 0 bridgehead atoms.